The summed E-state index contributed by atoms with van der Waals surface area (Å²) in [7, 11) is 0. The highest BCUT2D eigenvalue weighted by molar-refractivity contribution is 5.74. The minimum Gasteiger partial charge on any atom is -0.339 e. The van der Waals surface area contributed by atoms with Crippen molar-refractivity contribution in [2.24, 2.45) is 0 Å². The lowest BCUT2D eigenvalue weighted by Gasteiger charge is -2.30. The predicted octanol–water partition coefficient (Wildman–Crippen LogP) is 4.13. The fourth-order valence-electron chi connectivity index (χ4n) is 3.84. The van der Waals surface area contributed by atoms with Gasteiger partial charge in [0.1, 0.15) is 0 Å². The van der Waals surface area contributed by atoms with Crippen molar-refractivity contribution in [1.29, 1.82) is 0 Å². The first-order valence-corrected chi connectivity index (χ1v) is 9.89. The Bertz CT molecular complexity index is 792. The predicted molar refractivity (Wildman–Crippen MR) is 103 cm³/mol. The number of allylic oxidation sites excluding steroid dienone is 1. The van der Waals surface area contributed by atoms with Gasteiger partial charge in [-0.15, -0.1) is 0 Å². The van der Waals surface area contributed by atoms with E-state index in [9.17, 15) is 4.79 Å². The number of nitrogens with one attached hydrogen (secondary N) is 1. The zero-order chi connectivity index (χ0) is 18.5. The molecule has 1 saturated heterocycles. The lowest BCUT2D eigenvalue weighted by Crippen LogP contribution is -2.44. The Morgan fingerprint density at radius 3 is 2.78 bits per heavy atom. The van der Waals surface area contributed by atoms with Crippen LogP contribution in [0.1, 0.15) is 50.3 Å². The van der Waals surface area contributed by atoms with Crippen LogP contribution in [0.3, 0.4) is 0 Å². The fourth-order valence-corrected chi connectivity index (χ4v) is 3.84. The number of urea groups is 1. The summed E-state index contributed by atoms with van der Waals surface area (Å²) >= 11 is 0. The molecule has 1 aromatic heterocycles. The summed E-state index contributed by atoms with van der Waals surface area (Å²) < 4.78 is 5.49. The third kappa shape index (κ3) is 4.38. The number of piperidine rings is 1. The standard InChI is InChI=1S/C21H26N4O2/c26-21(22-13-10-16-6-4-5-7-16)25-14-11-18(12-15-25)20-23-19(24-27-20)17-8-2-1-3-9-17/h1-3,6,8-9,18H,4-5,7,10-15H2,(H,22,26). The molecule has 0 radical (unpaired) electrons. The van der Waals surface area contributed by atoms with E-state index < -0.39 is 0 Å². The van der Waals surface area contributed by atoms with E-state index in [-0.39, 0.29) is 11.9 Å². The lowest BCUT2D eigenvalue weighted by molar-refractivity contribution is 0.175. The number of amides is 2. The Kier molecular flexibility index (Phi) is 5.51. The van der Waals surface area contributed by atoms with Crippen LogP contribution in [-0.2, 0) is 0 Å². The van der Waals surface area contributed by atoms with E-state index in [1.54, 1.807) is 0 Å². The molecule has 6 nitrogen and oxygen atoms in total. The number of aromatic nitrogens is 2. The minimum absolute atomic E-state index is 0.0440. The van der Waals surface area contributed by atoms with Gasteiger partial charge in [-0.2, -0.15) is 4.98 Å². The van der Waals surface area contributed by atoms with Crippen molar-refractivity contribution < 1.29 is 9.32 Å². The number of hydrogen-bond acceptors (Lipinski definition) is 4. The lowest BCUT2D eigenvalue weighted by atomic mass is 9.97. The van der Waals surface area contributed by atoms with Crippen LogP contribution in [0, 0.1) is 0 Å². The van der Waals surface area contributed by atoms with Crippen molar-refractivity contribution in [2.75, 3.05) is 19.6 Å². The molecule has 1 N–H and O–H groups in total. The molecule has 2 aromatic rings. The molecule has 4 rings (SSSR count). The van der Waals surface area contributed by atoms with E-state index in [2.05, 4.69) is 21.5 Å². The van der Waals surface area contributed by atoms with Gasteiger partial charge in [-0.05, 0) is 38.5 Å². The van der Waals surface area contributed by atoms with Crippen molar-refractivity contribution in [1.82, 2.24) is 20.4 Å². The molecule has 0 unspecified atom stereocenters. The Morgan fingerprint density at radius 2 is 2.04 bits per heavy atom. The zero-order valence-electron chi connectivity index (χ0n) is 15.6. The summed E-state index contributed by atoms with van der Waals surface area (Å²) in [5.41, 5.74) is 2.45. The number of nitrogens with zero attached hydrogens (tertiary/aromatic N) is 3. The monoisotopic (exact) mass is 366 g/mol. The number of hydrogen-bond donors (Lipinski definition) is 1. The van der Waals surface area contributed by atoms with Crippen LogP contribution in [0.2, 0.25) is 0 Å². The molecule has 1 aliphatic heterocycles. The van der Waals surface area contributed by atoms with Crippen LogP contribution in [-0.4, -0.2) is 40.7 Å². The molecular weight excluding hydrogens is 340 g/mol. The number of rotatable bonds is 5. The molecular formula is C21H26N4O2. The second-order valence-electron chi connectivity index (χ2n) is 7.32. The summed E-state index contributed by atoms with van der Waals surface area (Å²) in [6.07, 6.45) is 8.65. The molecule has 2 heterocycles. The molecule has 142 valence electrons. The molecule has 0 bridgehead atoms. The second kappa shape index (κ2) is 8.37. The molecule has 1 aliphatic carbocycles. The normalized spacial score (nSPS) is 17.8. The average molecular weight is 366 g/mol. The first-order valence-electron chi connectivity index (χ1n) is 9.89. The highest BCUT2D eigenvalue weighted by Crippen LogP contribution is 2.28. The van der Waals surface area contributed by atoms with Crippen molar-refractivity contribution in [3.8, 4) is 11.4 Å². The molecule has 0 spiro atoms. The smallest absolute Gasteiger partial charge is 0.317 e. The third-order valence-electron chi connectivity index (χ3n) is 5.46. The van der Waals surface area contributed by atoms with Gasteiger partial charge in [0.25, 0.3) is 0 Å². The first kappa shape index (κ1) is 17.8. The maximum absolute atomic E-state index is 12.3. The molecule has 0 atom stereocenters. The van der Waals surface area contributed by atoms with Gasteiger partial charge >= 0.3 is 6.03 Å². The Labute approximate surface area is 159 Å². The number of likely N-dealkylation sites (tertiary alicyclic amines) is 1. The van der Waals surface area contributed by atoms with Crippen molar-refractivity contribution >= 4 is 6.03 Å². The van der Waals surface area contributed by atoms with Gasteiger partial charge in [0.2, 0.25) is 11.7 Å². The molecule has 2 aliphatic rings. The highest BCUT2D eigenvalue weighted by Gasteiger charge is 2.27. The Balaban J connectivity index is 1.25. The maximum atomic E-state index is 12.3. The molecule has 1 fully saturated rings. The summed E-state index contributed by atoms with van der Waals surface area (Å²) in [6, 6.07) is 9.89. The quantitative estimate of drug-likeness (QED) is 0.808. The van der Waals surface area contributed by atoms with E-state index in [1.165, 1.54) is 24.8 Å². The summed E-state index contributed by atoms with van der Waals surface area (Å²) in [4.78, 5) is 18.8. The Morgan fingerprint density at radius 1 is 1.22 bits per heavy atom. The van der Waals surface area contributed by atoms with Crippen LogP contribution < -0.4 is 5.32 Å². The summed E-state index contributed by atoms with van der Waals surface area (Å²) in [5, 5.41) is 7.16. The van der Waals surface area contributed by atoms with E-state index >= 15 is 0 Å². The molecule has 1 aromatic carbocycles. The SMILES string of the molecule is O=C(NCCC1=CCCC1)N1CCC(c2nc(-c3ccccc3)no2)CC1. The van der Waals surface area contributed by atoms with Crippen molar-refractivity contribution in [2.45, 2.75) is 44.4 Å². The third-order valence-corrected chi connectivity index (χ3v) is 5.46. The Hall–Kier alpha value is -2.63. The van der Waals surface area contributed by atoms with Crippen LogP contribution in [0.25, 0.3) is 11.4 Å². The van der Waals surface area contributed by atoms with Crippen molar-refractivity contribution in [3.63, 3.8) is 0 Å². The molecule has 27 heavy (non-hydrogen) atoms. The van der Waals surface area contributed by atoms with Gasteiger partial charge in [0.15, 0.2) is 0 Å². The van der Waals surface area contributed by atoms with E-state index in [4.69, 9.17) is 4.52 Å². The van der Waals surface area contributed by atoms with E-state index in [0.717, 1.165) is 44.5 Å². The van der Waals surface area contributed by atoms with Crippen LogP contribution in [0.4, 0.5) is 4.79 Å². The van der Waals surface area contributed by atoms with Crippen molar-refractivity contribution in [3.05, 3.63) is 47.9 Å². The molecule has 6 heteroatoms. The first-order chi connectivity index (χ1) is 13.3. The molecule has 0 saturated carbocycles. The van der Waals surface area contributed by atoms with Gasteiger partial charge in [-0.3, -0.25) is 0 Å². The van der Waals surface area contributed by atoms with Crippen LogP contribution in [0.5, 0.6) is 0 Å². The van der Waals surface area contributed by atoms with Gasteiger partial charge in [0, 0.05) is 31.1 Å². The highest BCUT2D eigenvalue weighted by atomic mass is 16.5. The largest absolute Gasteiger partial charge is 0.339 e. The molecule has 2 amide bonds. The van der Waals surface area contributed by atoms with Gasteiger partial charge < -0.3 is 14.7 Å². The second-order valence-corrected chi connectivity index (χ2v) is 7.32. The fraction of sp³-hybridized carbons (Fsp3) is 0.476. The zero-order valence-corrected chi connectivity index (χ0v) is 15.6. The van der Waals surface area contributed by atoms with Crippen LogP contribution >= 0.6 is 0 Å². The number of benzene rings is 1. The topological polar surface area (TPSA) is 71.3 Å². The van der Waals surface area contributed by atoms with E-state index in [1.807, 2.05) is 35.2 Å². The average Bonchev–Trinajstić information content (AvgIpc) is 3.41. The minimum atomic E-state index is 0.0440. The maximum Gasteiger partial charge on any atom is 0.317 e. The van der Waals surface area contributed by atoms with E-state index in [0.29, 0.717) is 11.7 Å². The van der Waals surface area contributed by atoms with Gasteiger partial charge in [0.05, 0.1) is 0 Å². The summed E-state index contributed by atoms with van der Waals surface area (Å²) in [6.45, 7) is 2.18. The van der Waals surface area contributed by atoms with Gasteiger partial charge in [-0.25, -0.2) is 4.79 Å². The number of carbonyl (C=O) groups excluding carboxylic acids is 1. The van der Waals surface area contributed by atoms with Gasteiger partial charge in [-0.1, -0.05) is 47.1 Å². The van der Waals surface area contributed by atoms with Crippen LogP contribution in [0.15, 0.2) is 46.5 Å². The number of carbonyl (C=O) groups is 1. The summed E-state index contributed by atoms with van der Waals surface area (Å²) in [5.74, 6) is 1.54.